The molecule has 3 rings (SSSR count). The fourth-order valence-electron chi connectivity index (χ4n) is 4.08. The fourth-order valence-corrected chi connectivity index (χ4v) is 4.08. The fraction of sp³-hybridized carbons (Fsp3) is 0.478. The third kappa shape index (κ3) is 4.17. The van der Waals surface area contributed by atoms with Gasteiger partial charge < -0.3 is 14.7 Å². The first-order chi connectivity index (χ1) is 12.7. The molecule has 2 atom stereocenters. The number of rotatable bonds is 7. The molecule has 2 aromatic rings. The van der Waals surface area contributed by atoms with Gasteiger partial charge in [0.15, 0.2) is 0 Å². The Labute approximate surface area is 157 Å². The van der Waals surface area contributed by atoms with Gasteiger partial charge in [0.25, 0.3) is 0 Å². The Morgan fingerprint density at radius 3 is 2.23 bits per heavy atom. The van der Waals surface area contributed by atoms with Crippen LogP contribution in [0.2, 0.25) is 0 Å². The summed E-state index contributed by atoms with van der Waals surface area (Å²) < 4.78 is 5.53. The van der Waals surface area contributed by atoms with Gasteiger partial charge in [0.1, 0.15) is 18.7 Å². The number of ether oxygens (including phenoxy) is 1. The maximum atomic E-state index is 11.9. The Morgan fingerprint density at radius 1 is 1.00 bits per heavy atom. The lowest BCUT2D eigenvalue weighted by Gasteiger charge is -2.38. The quantitative estimate of drug-likeness (QED) is 0.801. The maximum Gasteiger partial charge on any atom is 0.102 e. The van der Waals surface area contributed by atoms with Crippen molar-refractivity contribution in [3.63, 3.8) is 0 Å². The molecule has 1 aliphatic heterocycles. The van der Waals surface area contributed by atoms with Crippen LogP contribution in [-0.2, 0) is 16.8 Å². The van der Waals surface area contributed by atoms with Crippen LogP contribution in [0.3, 0.4) is 0 Å². The number of morpholine rings is 1. The van der Waals surface area contributed by atoms with Crippen molar-refractivity contribution in [3.05, 3.63) is 71.3 Å². The molecule has 1 fully saturated rings. The number of aliphatic hydroxyl groups is 1. The lowest BCUT2D eigenvalue weighted by Crippen LogP contribution is -3.14. The molecule has 2 N–H and O–H groups in total. The second kappa shape index (κ2) is 8.81. The lowest BCUT2D eigenvalue weighted by molar-refractivity contribution is -0.910. The highest BCUT2D eigenvalue weighted by Crippen LogP contribution is 2.39. The largest absolute Gasteiger partial charge is 0.384 e. The van der Waals surface area contributed by atoms with Crippen LogP contribution in [0.1, 0.15) is 42.9 Å². The van der Waals surface area contributed by atoms with Crippen molar-refractivity contribution in [2.24, 2.45) is 0 Å². The molecule has 0 spiro atoms. The van der Waals surface area contributed by atoms with E-state index in [-0.39, 0.29) is 5.92 Å². The van der Waals surface area contributed by atoms with Crippen LogP contribution in [0.4, 0.5) is 0 Å². The van der Waals surface area contributed by atoms with Gasteiger partial charge in [-0.15, -0.1) is 0 Å². The van der Waals surface area contributed by atoms with Crippen molar-refractivity contribution in [1.82, 2.24) is 0 Å². The van der Waals surface area contributed by atoms with Gasteiger partial charge in [0.2, 0.25) is 0 Å². The molecule has 2 aromatic carbocycles. The summed E-state index contributed by atoms with van der Waals surface area (Å²) in [6, 6.07) is 19.1. The number of hydrogen-bond donors (Lipinski definition) is 2. The van der Waals surface area contributed by atoms with Crippen LogP contribution < -0.4 is 4.90 Å². The smallest absolute Gasteiger partial charge is 0.102 e. The topological polar surface area (TPSA) is 33.9 Å². The minimum atomic E-state index is -0.862. The SMILES string of the molecule is CCc1ccc(C(O)(CC)C(C[NH+]2CCOCC2)c2ccccc2)cc1. The Kier molecular flexibility index (Phi) is 6.47. The summed E-state index contributed by atoms with van der Waals surface area (Å²) in [4.78, 5) is 1.52. The number of nitrogens with one attached hydrogen (secondary N) is 1. The number of quaternary nitrogens is 1. The minimum Gasteiger partial charge on any atom is -0.384 e. The zero-order chi connectivity index (χ0) is 18.4. The summed E-state index contributed by atoms with van der Waals surface area (Å²) in [6.45, 7) is 8.83. The van der Waals surface area contributed by atoms with Gasteiger partial charge in [0, 0.05) is 0 Å². The molecule has 3 heteroatoms. The molecule has 2 unspecified atom stereocenters. The lowest BCUT2D eigenvalue weighted by atomic mass is 9.75. The van der Waals surface area contributed by atoms with Crippen LogP contribution in [-0.4, -0.2) is 38.0 Å². The van der Waals surface area contributed by atoms with E-state index in [1.807, 2.05) is 6.07 Å². The molecule has 1 heterocycles. The summed E-state index contributed by atoms with van der Waals surface area (Å²) in [7, 11) is 0. The van der Waals surface area contributed by atoms with E-state index < -0.39 is 5.60 Å². The standard InChI is InChI=1S/C23H31NO2/c1-3-19-10-12-21(13-11-19)23(25,4-2)22(20-8-6-5-7-9-20)18-24-14-16-26-17-15-24/h5-13,22,25H,3-4,14-18H2,1-2H3/p+1. The molecule has 26 heavy (non-hydrogen) atoms. The predicted molar refractivity (Wildman–Crippen MR) is 106 cm³/mol. The number of hydrogen-bond acceptors (Lipinski definition) is 2. The highest BCUT2D eigenvalue weighted by molar-refractivity contribution is 5.33. The molecule has 1 aliphatic rings. The summed E-state index contributed by atoms with van der Waals surface area (Å²) in [6.07, 6.45) is 1.71. The number of aryl methyl sites for hydroxylation is 1. The Balaban J connectivity index is 1.95. The van der Waals surface area contributed by atoms with Crippen molar-refractivity contribution in [2.75, 3.05) is 32.8 Å². The molecule has 0 bridgehead atoms. The maximum absolute atomic E-state index is 11.9. The Morgan fingerprint density at radius 2 is 1.65 bits per heavy atom. The van der Waals surface area contributed by atoms with E-state index >= 15 is 0 Å². The number of benzene rings is 2. The average Bonchev–Trinajstić information content (AvgIpc) is 2.73. The highest BCUT2D eigenvalue weighted by Gasteiger charge is 2.40. The molecular formula is C23H32NO2+. The van der Waals surface area contributed by atoms with Crippen molar-refractivity contribution in [3.8, 4) is 0 Å². The predicted octanol–water partition coefficient (Wildman–Crippen LogP) is 2.55. The minimum absolute atomic E-state index is 0.0641. The van der Waals surface area contributed by atoms with E-state index in [1.54, 1.807) is 0 Å². The molecule has 140 valence electrons. The molecular weight excluding hydrogens is 322 g/mol. The Bertz CT molecular complexity index is 664. The van der Waals surface area contributed by atoms with Crippen molar-refractivity contribution < 1.29 is 14.7 Å². The van der Waals surface area contributed by atoms with E-state index in [2.05, 4.69) is 62.4 Å². The van der Waals surface area contributed by atoms with Crippen LogP contribution in [0.5, 0.6) is 0 Å². The normalized spacial score (nSPS) is 19.0. The zero-order valence-corrected chi connectivity index (χ0v) is 16.1. The van der Waals surface area contributed by atoms with Crippen LogP contribution in [0.15, 0.2) is 54.6 Å². The Hall–Kier alpha value is -1.68. The van der Waals surface area contributed by atoms with Gasteiger partial charge in [-0.25, -0.2) is 0 Å². The average molecular weight is 355 g/mol. The van der Waals surface area contributed by atoms with Gasteiger partial charge in [-0.05, 0) is 29.5 Å². The van der Waals surface area contributed by atoms with Crippen molar-refractivity contribution >= 4 is 0 Å². The molecule has 0 aromatic heterocycles. The van der Waals surface area contributed by atoms with Gasteiger partial charge in [0.05, 0.1) is 25.7 Å². The van der Waals surface area contributed by atoms with Crippen LogP contribution >= 0.6 is 0 Å². The van der Waals surface area contributed by atoms with Gasteiger partial charge in [-0.1, -0.05) is 68.4 Å². The van der Waals surface area contributed by atoms with Crippen molar-refractivity contribution in [1.29, 1.82) is 0 Å². The second-order valence-corrected chi connectivity index (χ2v) is 7.36. The second-order valence-electron chi connectivity index (χ2n) is 7.36. The molecule has 0 radical (unpaired) electrons. The first kappa shape index (κ1) is 19.1. The zero-order valence-electron chi connectivity index (χ0n) is 16.1. The first-order valence-electron chi connectivity index (χ1n) is 9.95. The first-order valence-corrected chi connectivity index (χ1v) is 9.95. The van der Waals surface area contributed by atoms with E-state index in [1.165, 1.54) is 16.0 Å². The summed E-state index contributed by atoms with van der Waals surface area (Å²) in [5.41, 5.74) is 2.69. The molecule has 0 saturated carbocycles. The summed E-state index contributed by atoms with van der Waals surface area (Å²) in [5, 5.41) is 11.9. The van der Waals surface area contributed by atoms with Crippen LogP contribution in [0.25, 0.3) is 0 Å². The van der Waals surface area contributed by atoms with E-state index in [4.69, 9.17) is 4.74 Å². The van der Waals surface area contributed by atoms with E-state index in [0.717, 1.165) is 44.8 Å². The molecule has 3 nitrogen and oxygen atoms in total. The molecule has 1 saturated heterocycles. The summed E-state index contributed by atoms with van der Waals surface area (Å²) in [5.74, 6) is 0.0641. The third-order valence-corrected chi connectivity index (χ3v) is 5.87. The van der Waals surface area contributed by atoms with Crippen LogP contribution in [0, 0.1) is 0 Å². The summed E-state index contributed by atoms with van der Waals surface area (Å²) >= 11 is 0. The van der Waals surface area contributed by atoms with Gasteiger partial charge in [-0.2, -0.15) is 0 Å². The van der Waals surface area contributed by atoms with Gasteiger partial charge in [-0.3, -0.25) is 0 Å². The highest BCUT2D eigenvalue weighted by atomic mass is 16.5. The molecule has 0 amide bonds. The van der Waals surface area contributed by atoms with Crippen molar-refractivity contribution in [2.45, 2.75) is 38.2 Å². The van der Waals surface area contributed by atoms with Gasteiger partial charge >= 0.3 is 0 Å². The van der Waals surface area contributed by atoms with E-state index in [0.29, 0.717) is 6.42 Å². The third-order valence-electron chi connectivity index (χ3n) is 5.87. The monoisotopic (exact) mass is 354 g/mol. The van der Waals surface area contributed by atoms with E-state index in [9.17, 15) is 5.11 Å². The molecule has 0 aliphatic carbocycles.